The molecular formula is C11H21N. The average Bonchev–Trinajstić information content (AvgIpc) is 2.05. The van der Waals surface area contributed by atoms with E-state index in [1.807, 2.05) is 0 Å². The van der Waals surface area contributed by atoms with E-state index in [-0.39, 0.29) is 0 Å². The number of allylic oxidation sites excluding steroid dienone is 1. The molecule has 0 aromatic carbocycles. The van der Waals surface area contributed by atoms with E-state index < -0.39 is 0 Å². The second-order valence-electron chi connectivity index (χ2n) is 4.41. The SMILES string of the molecule is C/C(=C\C1(C)CCCCC1)CN. The van der Waals surface area contributed by atoms with E-state index >= 15 is 0 Å². The first-order valence-electron chi connectivity index (χ1n) is 5.05. The maximum absolute atomic E-state index is 5.58. The van der Waals surface area contributed by atoms with Gasteiger partial charge in [-0.25, -0.2) is 0 Å². The molecule has 1 fully saturated rings. The molecule has 1 heteroatoms. The summed E-state index contributed by atoms with van der Waals surface area (Å²) in [5.41, 5.74) is 7.39. The molecule has 1 saturated carbocycles. The Labute approximate surface area is 76.0 Å². The summed E-state index contributed by atoms with van der Waals surface area (Å²) in [6.45, 7) is 5.22. The summed E-state index contributed by atoms with van der Waals surface area (Å²) in [6, 6.07) is 0. The van der Waals surface area contributed by atoms with Crippen LogP contribution in [0.2, 0.25) is 0 Å². The van der Waals surface area contributed by atoms with Gasteiger partial charge in [-0.2, -0.15) is 0 Å². The summed E-state index contributed by atoms with van der Waals surface area (Å²) < 4.78 is 0. The van der Waals surface area contributed by atoms with E-state index in [0.29, 0.717) is 5.41 Å². The van der Waals surface area contributed by atoms with Crippen molar-refractivity contribution in [1.29, 1.82) is 0 Å². The molecule has 0 spiro atoms. The normalized spacial score (nSPS) is 24.1. The van der Waals surface area contributed by atoms with Crippen LogP contribution in [0.1, 0.15) is 46.0 Å². The molecule has 1 nitrogen and oxygen atoms in total. The minimum Gasteiger partial charge on any atom is -0.327 e. The molecule has 0 aromatic heterocycles. The summed E-state index contributed by atoms with van der Waals surface area (Å²) >= 11 is 0. The second kappa shape index (κ2) is 4.08. The molecule has 0 heterocycles. The lowest BCUT2D eigenvalue weighted by Gasteiger charge is -2.31. The molecule has 0 saturated heterocycles. The van der Waals surface area contributed by atoms with Crippen LogP contribution in [0.15, 0.2) is 11.6 Å². The maximum atomic E-state index is 5.58. The first-order valence-corrected chi connectivity index (χ1v) is 5.05. The van der Waals surface area contributed by atoms with Crippen molar-refractivity contribution in [2.45, 2.75) is 46.0 Å². The third-order valence-electron chi connectivity index (χ3n) is 2.91. The predicted molar refractivity (Wildman–Crippen MR) is 54.0 cm³/mol. The molecule has 0 bridgehead atoms. The van der Waals surface area contributed by atoms with Gasteiger partial charge >= 0.3 is 0 Å². The fourth-order valence-electron chi connectivity index (χ4n) is 2.16. The molecule has 2 N–H and O–H groups in total. The Kier molecular flexibility index (Phi) is 3.33. The van der Waals surface area contributed by atoms with Gasteiger partial charge in [0.25, 0.3) is 0 Å². The van der Waals surface area contributed by atoms with Crippen LogP contribution >= 0.6 is 0 Å². The van der Waals surface area contributed by atoms with Gasteiger partial charge in [-0.15, -0.1) is 0 Å². The summed E-state index contributed by atoms with van der Waals surface area (Å²) in [4.78, 5) is 0. The number of hydrogen-bond donors (Lipinski definition) is 1. The Balaban J connectivity index is 2.57. The van der Waals surface area contributed by atoms with Gasteiger partial charge in [0, 0.05) is 6.54 Å². The summed E-state index contributed by atoms with van der Waals surface area (Å²) in [6.07, 6.45) is 9.31. The van der Waals surface area contributed by atoms with Crippen molar-refractivity contribution < 1.29 is 0 Å². The van der Waals surface area contributed by atoms with Crippen molar-refractivity contribution in [3.8, 4) is 0 Å². The van der Waals surface area contributed by atoms with Crippen LogP contribution in [0.3, 0.4) is 0 Å². The van der Waals surface area contributed by atoms with Crippen LogP contribution in [-0.2, 0) is 0 Å². The molecule has 0 aliphatic heterocycles. The third-order valence-corrected chi connectivity index (χ3v) is 2.91. The minimum absolute atomic E-state index is 0.460. The van der Waals surface area contributed by atoms with Crippen molar-refractivity contribution in [2.75, 3.05) is 6.54 Å². The first kappa shape index (κ1) is 9.79. The summed E-state index contributed by atoms with van der Waals surface area (Å²) in [7, 11) is 0. The lowest BCUT2D eigenvalue weighted by molar-refractivity contribution is 0.284. The zero-order chi connectivity index (χ0) is 9.03. The fraction of sp³-hybridized carbons (Fsp3) is 0.818. The highest BCUT2D eigenvalue weighted by molar-refractivity contribution is 5.08. The van der Waals surface area contributed by atoms with Crippen LogP contribution in [0.25, 0.3) is 0 Å². The molecule has 1 rings (SSSR count). The molecular weight excluding hydrogens is 146 g/mol. The van der Waals surface area contributed by atoms with Gasteiger partial charge in [0.15, 0.2) is 0 Å². The van der Waals surface area contributed by atoms with Gasteiger partial charge in [0.2, 0.25) is 0 Å². The van der Waals surface area contributed by atoms with Gasteiger partial charge in [0.05, 0.1) is 0 Å². The molecule has 12 heavy (non-hydrogen) atoms. The molecule has 1 aliphatic rings. The summed E-state index contributed by atoms with van der Waals surface area (Å²) in [5, 5.41) is 0. The monoisotopic (exact) mass is 167 g/mol. The molecule has 1 aliphatic carbocycles. The van der Waals surface area contributed by atoms with E-state index in [1.54, 1.807) is 0 Å². The number of hydrogen-bond acceptors (Lipinski definition) is 1. The minimum atomic E-state index is 0.460. The highest BCUT2D eigenvalue weighted by atomic mass is 14.5. The van der Waals surface area contributed by atoms with Gasteiger partial charge < -0.3 is 5.73 Å². The van der Waals surface area contributed by atoms with E-state index in [1.165, 1.54) is 37.7 Å². The lowest BCUT2D eigenvalue weighted by atomic mass is 9.75. The van der Waals surface area contributed by atoms with E-state index in [9.17, 15) is 0 Å². The lowest BCUT2D eigenvalue weighted by Crippen LogP contribution is -2.18. The Bertz CT molecular complexity index is 164. The van der Waals surface area contributed by atoms with Crippen LogP contribution in [-0.4, -0.2) is 6.54 Å². The second-order valence-corrected chi connectivity index (χ2v) is 4.41. The van der Waals surface area contributed by atoms with Crippen molar-refractivity contribution >= 4 is 0 Å². The van der Waals surface area contributed by atoms with E-state index in [0.717, 1.165) is 6.54 Å². The van der Waals surface area contributed by atoms with Crippen molar-refractivity contribution in [3.05, 3.63) is 11.6 Å². The Morgan fingerprint density at radius 2 is 1.92 bits per heavy atom. The quantitative estimate of drug-likeness (QED) is 0.629. The topological polar surface area (TPSA) is 26.0 Å². The standard InChI is InChI=1S/C11H21N/c1-10(9-12)8-11(2)6-4-3-5-7-11/h8H,3-7,9,12H2,1-2H3/b10-8+. The summed E-state index contributed by atoms with van der Waals surface area (Å²) in [5.74, 6) is 0. The van der Waals surface area contributed by atoms with Crippen LogP contribution < -0.4 is 5.73 Å². The van der Waals surface area contributed by atoms with E-state index in [2.05, 4.69) is 19.9 Å². The molecule has 0 atom stereocenters. The Morgan fingerprint density at radius 3 is 2.42 bits per heavy atom. The van der Waals surface area contributed by atoms with Gasteiger partial charge in [-0.1, -0.05) is 37.8 Å². The predicted octanol–water partition coefficient (Wildman–Crippen LogP) is 2.86. The first-order chi connectivity index (χ1) is 5.66. The smallest absolute Gasteiger partial charge is 0.0134 e. The van der Waals surface area contributed by atoms with Crippen LogP contribution in [0, 0.1) is 5.41 Å². The highest BCUT2D eigenvalue weighted by Gasteiger charge is 2.23. The largest absolute Gasteiger partial charge is 0.327 e. The van der Waals surface area contributed by atoms with Crippen LogP contribution in [0.4, 0.5) is 0 Å². The fourth-order valence-corrected chi connectivity index (χ4v) is 2.16. The average molecular weight is 167 g/mol. The maximum Gasteiger partial charge on any atom is 0.0134 e. The Hall–Kier alpha value is -0.300. The zero-order valence-corrected chi connectivity index (χ0v) is 8.40. The van der Waals surface area contributed by atoms with Gasteiger partial charge in [-0.3, -0.25) is 0 Å². The Morgan fingerprint density at radius 1 is 1.33 bits per heavy atom. The molecule has 0 radical (unpaired) electrons. The van der Waals surface area contributed by atoms with Crippen molar-refractivity contribution in [2.24, 2.45) is 11.1 Å². The highest BCUT2D eigenvalue weighted by Crippen LogP contribution is 2.37. The van der Waals surface area contributed by atoms with Crippen LogP contribution in [0.5, 0.6) is 0 Å². The molecule has 0 amide bonds. The zero-order valence-electron chi connectivity index (χ0n) is 8.40. The van der Waals surface area contributed by atoms with Crippen molar-refractivity contribution in [3.63, 3.8) is 0 Å². The third kappa shape index (κ3) is 2.63. The van der Waals surface area contributed by atoms with E-state index in [4.69, 9.17) is 5.73 Å². The van der Waals surface area contributed by atoms with Gasteiger partial charge in [0.1, 0.15) is 0 Å². The molecule has 0 unspecified atom stereocenters. The molecule has 70 valence electrons. The molecule has 0 aromatic rings. The van der Waals surface area contributed by atoms with Gasteiger partial charge in [-0.05, 0) is 25.2 Å². The number of rotatable bonds is 2. The van der Waals surface area contributed by atoms with Crippen molar-refractivity contribution in [1.82, 2.24) is 0 Å². The number of nitrogens with two attached hydrogens (primary N) is 1.